The Morgan fingerprint density at radius 1 is 0.964 bits per heavy atom. The second-order valence-electron chi connectivity index (χ2n) is 6.37. The van der Waals surface area contributed by atoms with Crippen LogP contribution in [-0.2, 0) is 6.18 Å². The zero-order valence-corrected chi connectivity index (χ0v) is 14.7. The number of anilines is 1. The van der Waals surface area contributed by atoms with Gasteiger partial charge in [0.25, 0.3) is 5.91 Å². The SMILES string of the molecule is Cc1cc(C(=O)Nc2ccnc3ccc(C(F)(F)F)cc23)c2ccccc2n1. The second-order valence-corrected chi connectivity index (χ2v) is 6.37. The van der Waals surface area contributed by atoms with Crippen LogP contribution in [0.4, 0.5) is 18.9 Å². The van der Waals surface area contributed by atoms with E-state index in [1.165, 1.54) is 18.3 Å². The topological polar surface area (TPSA) is 54.9 Å². The van der Waals surface area contributed by atoms with Gasteiger partial charge in [0.2, 0.25) is 0 Å². The van der Waals surface area contributed by atoms with Crippen LogP contribution in [0.5, 0.6) is 0 Å². The van der Waals surface area contributed by atoms with Gasteiger partial charge in [0, 0.05) is 22.7 Å². The molecule has 28 heavy (non-hydrogen) atoms. The maximum Gasteiger partial charge on any atom is 0.416 e. The minimum atomic E-state index is -4.48. The first-order valence-electron chi connectivity index (χ1n) is 8.46. The lowest BCUT2D eigenvalue weighted by Crippen LogP contribution is -2.14. The van der Waals surface area contributed by atoms with Crippen molar-refractivity contribution < 1.29 is 18.0 Å². The van der Waals surface area contributed by atoms with Crippen LogP contribution in [0.1, 0.15) is 21.6 Å². The van der Waals surface area contributed by atoms with E-state index in [0.29, 0.717) is 27.7 Å². The molecule has 0 fully saturated rings. The Morgan fingerprint density at radius 2 is 1.75 bits per heavy atom. The van der Waals surface area contributed by atoms with Crippen LogP contribution in [0.25, 0.3) is 21.8 Å². The van der Waals surface area contributed by atoms with Crippen molar-refractivity contribution in [2.75, 3.05) is 5.32 Å². The molecule has 1 N–H and O–H groups in total. The van der Waals surface area contributed by atoms with Crippen molar-refractivity contribution in [2.45, 2.75) is 13.1 Å². The highest BCUT2D eigenvalue weighted by molar-refractivity contribution is 6.14. The Kier molecular flexibility index (Phi) is 4.22. The zero-order chi connectivity index (χ0) is 19.9. The van der Waals surface area contributed by atoms with Crippen LogP contribution in [0.15, 0.2) is 60.8 Å². The standard InChI is InChI=1S/C21H14F3N3O/c1-12-10-15(14-4-2-3-5-18(14)26-12)20(28)27-19-8-9-25-17-7-6-13(11-16(17)19)21(22,23)24/h2-11H,1H3,(H,25,27,28). The van der Waals surface area contributed by atoms with Crippen molar-refractivity contribution in [3.63, 3.8) is 0 Å². The monoisotopic (exact) mass is 381 g/mol. The molecule has 2 heterocycles. The quantitative estimate of drug-likeness (QED) is 0.508. The second kappa shape index (κ2) is 6.60. The van der Waals surface area contributed by atoms with Gasteiger partial charge in [0.1, 0.15) is 0 Å². The van der Waals surface area contributed by atoms with Gasteiger partial charge in [-0.25, -0.2) is 0 Å². The summed E-state index contributed by atoms with van der Waals surface area (Å²) in [5.41, 5.74) is 1.57. The third-order valence-corrected chi connectivity index (χ3v) is 4.41. The van der Waals surface area contributed by atoms with Crippen molar-refractivity contribution in [3.05, 3.63) is 77.6 Å². The highest BCUT2D eigenvalue weighted by Gasteiger charge is 2.30. The van der Waals surface area contributed by atoms with Gasteiger partial charge in [-0.15, -0.1) is 0 Å². The van der Waals surface area contributed by atoms with E-state index in [4.69, 9.17) is 0 Å². The lowest BCUT2D eigenvalue weighted by Gasteiger charge is -2.12. The number of aryl methyl sites for hydroxylation is 1. The van der Waals surface area contributed by atoms with Crippen molar-refractivity contribution in [3.8, 4) is 0 Å². The lowest BCUT2D eigenvalue weighted by molar-refractivity contribution is -0.137. The van der Waals surface area contributed by atoms with Gasteiger partial charge in [-0.05, 0) is 43.3 Å². The predicted molar refractivity (Wildman–Crippen MR) is 101 cm³/mol. The van der Waals surface area contributed by atoms with Gasteiger partial charge >= 0.3 is 6.18 Å². The third-order valence-electron chi connectivity index (χ3n) is 4.41. The summed E-state index contributed by atoms with van der Waals surface area (Å²) in [6.07, 6.45) is -3.04. The largest absolute Gasteiger partial charge is 0.416 e. The molecule has 0 saturated carbocycles. The van der Waals surface area contributed by atoms with Gasteiger partial charge in [0.05, 0.1) is 27.8 Å². The minimum Gasteiger partial charge on any atom is -0.321 e. The molecule has 7 heteroatoms. The highest BCUT2D eigenvalue weighted by atomic mass is 19.4. The van der Waals surface area contributed by atoms with Gasteiger partial charge in [-0.2, -0.15) is 13.2 Å². The van der Waals surface area contributed by atoms with Crippen LogP contribution in [-0.4, -0.2) is 15.9 Å². The van der Waals surface area contributed by atoms with E-state index in [2.05, 4.69) is 15.3 Å². The van der Waals surface area contributed by atoms with Gasteiger partial charge in [-0.1, -0.05) is 18.2 Å². The number of hydrogen-bond donors (Lipinski definition) is 1. The Balaban J connectivity index is 1.79. The number of rotatable bonds is 2. The van der Waals surface area contributed by atoms with Crippen LogP contribution in [0.3, 0.4) is 0 Å². The number of halogens is 3. The van der Waals surface area contributed by atoms with E-state index in [-0.39, 0.29) is 11.1 Å². The summed E-state index contributed by atoms with van der Waals surface area (Å²) in [6, 6.07) is 13.6. The fraction of sp³-hybridized carbons (Fsp3) is 0.0952. The van der Waals surface area contributed by atoms with Crippen molar-refractivity contribution in [1.29, 1.82) is 0 Å². The molecule has 2 aromatic heterocycles. The molecular weight excluding hydrogens is 367 g/mol. The molecule has 0 spiro atoms. The summed E-state index contributed by atoms with van der Waals surface area (Å²) in [4.78, 5) is 21.4. The van der Waals surface area contributed by atoms with Gasteiger partial charge in [-0.3, -0.25) is 14.8 Å². The van der Waals surface area contributed by atoms with E-state index in [1.54, 1.807) is 31.2 Å². The number of para-hydroxylation sites is 1. The molecule has 0 bridgehead atoms. The molecule has 4 rings (SSSR count). The van der Waals surface area contributed by atoms with E-state index in [0.717, 1.165) is 12.1 Å². The molecular formula is C21H14F3N3O. The molecule has 4 nitrogen and oxygen atoms in total. The molecule has 0 saturated heterocycles. The predicted octanol–water partition coefficient (Wildman–Crippen LogP) is 5.36. The Morgan fingerprint density at radius 3 is 2.54 bits per heavy atom. The van der Waals surface area contributed by atoms with Crippen LogP contribution >= 0.6 is 0 Å². The number of nitrogens with one attached hydrogen (secondary N) is 1. The Bertz CT molecular complexity index is 1220. The van der Waals surface area contributed by atoms with Gasteiger partial charge in [0.15, 0.2) is 0 Å². The molecule has 0 unspecified atom stereocenters. The Hall–Kier alpha value is -3.48. The maximum atomic E-state index is 13.1. The number of nitrogens with zero attached hydrogens (tertiary/aromatic N) is 2. The summed E-state index contributed by atoms with van der Waals surface area (Å²) in [6.45, 7) is 1.78. The molecule has 0 aliphatic rings. The summed E-state index contributed by atoms with van der Waals surface area (Å²) >= 11 is 0. The Labute approximate surface area is 158 Å². The third kappa shape index (κ3) is 3.26. The molecule has 0 aliphatic carbocycles. The summed E-state index contributed by atoms with van der Waals surface area (Å²) in [5.74, 6) is -0.424. The minimum absolute atomic E-state index is 0.223. The normalized spacial score (nSPS) is 11.7. The fourth-order valence-electron chi connectivity index (χ4n) is 3.12. The maximum absolute atomic E-state index is 13.1. The number of carbonyl (C=O) groups is 1. The smallest absolute Gasteiger partial charge is 0.321 e. The number of amides is 1. The average molecular weight is 381 g/mol. The van der Waals surface area contributed by atoms with Crippen molar-refractivity contribution in [1.82, 2.24) is 9.97 Å². The molecule has 0 atom stereocenters. The highest BCUT2D eigenvalue weighted by Crippen LogP contribution is 2.33. The van der Waals surface area contributed by atoms with Crippen LogP contribution in [0, 0.1) is 6.92 Å². The number of carbonyl (C=O) groups excluding carboxylic acids is 1. The average Bonchev–Trinajstić information content (AvgIpc) is 2.66. The summed E-state index contributed by atoms with van der Waals surface area (Å²) < 4.78 is 39.2. The molecule has 140 valence electrons. The lowest BCUT2D eigenvalue weighted by atomic mass is 10.1. The molecule has 0 radical (unpaired) electrons. The van der Waals surface area contributed by atoms with Crippen molar-refractivity contribution in [2.24, 2.45) is 0 Å². The number of aromatic nitrogens is 2. The fourth-order valence-corrected chi connectivity index (χ4v) is 3.12. The molecule has 0 aliphatic heterocycles. The first-order valence-corrected chi connectivity index (χ1v) is 8.46. The number of fused-ring (bicyclic) bond motifs is 2. The molecule has 1 amide bonds. The summed E-state index contributed by atoms with van der Waals surface area (Å²) in [7, 11) is 0. The molecule has 4 aromatic rings. The molecule has 2 aromatic carbocycles. The van der Waals surface area contributed by atoms with E-state index < -0.39 is 17.6 Å². The first kappa shape index (κ1) is 17.9. The number of alkyl halides is 3. The van der Waals surface area contributed by atoms with Crippen LogP contribution < -0.4 is 5.32 Å². The van der Waals surface area contributed by atoms with E-state index in [1.807, 2.05) is 6.07 Å². The number of pyridine rings is 2. The van der Waals surface area contributed by atoms with Gasteiger partial charge < -0.3 is 5.32 Å². The number of benzene rings is 2. The van der Waals surface area contributed by atoms with E-state index in [9.17, 15) is 18.0 Å². The van der Waals surface area contributed by atoms with Crippen LogP contribution in [0.2, 0.25) is 0 Å². The van der Waals surface area contributed by atoms with Crippen molar-refractivity contribution >= 4 is 33.4 Å². The van der Waals surface area contributed by atoms with E-state index >= 15 is 0 Å². The number of hydrogen-bond acceptors (Lipinski definition) is 3. The summed E-state index contributed by atoms with van der Waals surface area (Å²) in [5, 5.41) is 3.61. The zero-order valence-electron chi connectivity index (χ0n) is 14.7. The first-order chi connectivity index (χ1) is 13.3.